The number of carbonyl (C=O) groups excluding carboxylic acids is 1. The lowest BCUT2D eigenvalue weighted by Gasteiger charge is -2.31. The average molecular weight is 275 g/mol. The van der Waals surface area contributed by atoms with Crippen molar-refractivity contribution in [2.24, 2.45) is 0 Å². The number of hydrogen-bond acceptors (Lipinski definition) is 4. The monoisotopic (exact) mass is 275 g/mol. The van der Waals surface area contributed by atoms with E-state index >= 15 is 0 Å². The largest absolute Gasteiger partial charge is 0.497 e. The van der Waals surface area contributed by atoms with Gasteiger partial charge < -0.3 is 15.0 Å². The first kappa shape index (κ1) is 13.4. The number of methoxy groups -OCH3 is 1. The molecule has 1 atom stereocenters. The molecule has 108 valence electrons. The minimum Gasteiger partial charge on any atom is -0.497 e. The molecule has 0 saturated carbocycles. The summed E-state index contributed by atoms with van der Waals surface area (Å²) in [7, 11) is 1.65. The molecule has 1 aromatic carbocycles. The summed E-state index contributed by atoms with van der Waals surface area (Å²) in [6, 6.07) is 7.78. The van der Waals surface area contributed by atoms with Crippen molar-refractivity contribution in [1.82, 2.24) is 10.2 Å². The average Bonchev–Trinajstić information content (AvgIpc) is 2.90. The van der Waals surface area contributed by atoms with Crippen molar-refractivity contribution in [1.29, 1.82) is 0 Å². The van der Waals surface area contributed by atoms with Crippen molar-refractivity contribution in [2.75, 3.05) is 44.7 Å². The molecule has 0 bridgehead atoms. The molecule has 2 aliphatic heterocycles. The lowest BCUT2D eigenvalue weighted by molar-refractivity contribution is -0.121. The van der Waals surface area contributed by atoms with Gasteiger partial charge in [0.1, 0.15) is 5.75 Å². The van der Waals surface area contributed by atoms with Crippen LogP contribution in [0.3, 0.4) is 0 Å². The quantitative estimate of drug-likeness (QED) is 0.882. The number of benzene rings is 1. The summed E-state index contributed by atoms with van der Waals surface area (Å²) in [6.07, 6.45) is 0.913. The highest BCUT2D eigenvalue weighted by molar-refractivity contribution is 5.99. The number of nitrogens with zero attached hydrogens (tertiary/aromatic N) is 2. The summed E-state index contributed by atoms with van der Waals surface area (Å²) >= 11 is 0. The van der Waals surface area contributed by atoms with E-state index in [9.17, 15) is 4.79 Å². The Labute approximate surface area is 119 Å². The summed E-state index contributed by atoms with van der Waals surface area (Å²) in [4.78, 5) is 16.8. The lowest BCUT2D eigenvalue weighted by atomic mass is 10.2. The minimum atomic E-state index is 0.0447. The maximum Gasteiger partial charge on any atom is 0.244 e. The lowest BCUT2D eigenvalue weighted by Crippen LogP contribution is -2.51. The van der Waals surface area contributed by atoms with Crippen LogP contribution in [0.5, 0.6) is 5.75 Å². The van der Waals surface area contributed by atoms with Crippen LogP contribution in [0.25, 0.3) is 0 Å². The van der Waals surface area contributed by atoms with Gasteiger partial charge in [-0.3, -0.25) is 9.69 Å². The van der Waals surface area contributed by atoms with E-state index in [0.29, 0.717) is 0 Å². The molecule has 0 spiro atoms. The van der Waals surface area contributed by atoms with E-state index in [1.54, 1.807) is 7.11 Å². The summed E-state index contributed by atoms with van der Waals surface area (Å²) in [5, 5.41) is 3.33. The van der Waals surface area contributed by atoms with Gasteiger partial charge in [-0.1, -0.05) is 6.07 Å². The number of ether oxygens (including phenoxy) is 1. The normalized spacial score (nSPS) is 24.1. The van der Waals surface area contributed by atoms with Crippen LogP contribution in [0.1, 0.15) is 6.42 Å². The van der Waals surface area contributed by atoms with Crippen LogP contribution in [-0.4, -0.2) is 56.7 Å². The van der Waals surface area contributed by atoms with Crippen molar-refractivity contribution in [2.45, 2.75) is 12.5 Å². The van der Waals surface area contributed by atoms with E-state index < -0.39 is 0 Å². The van der Waals surface area contributed by atoms with Gasteiger partial charge in [0.05, 0.1) is 13.2 Å². The molecule has 2 heterocycles. The van der Waals surface area contributed by atoms with Crippen molar-refractivity contribution >= 4 is 11.6 Å². The fraction of sp³-hybridized carbons (Fsp3) is 0.533. The van der Waals surface area contributed by atoms with Crippen LogP contribution >= 0.6 is 0 Å². The highest BCUT2D eigenvalue weighted by atomic mass is 16.5. The third-order valence-corrected chi connectivity index (χ3v) is 4.13. The summed E-state index contributed by atoms with van der Waals surface area (Å²) < 4.78 is 5.24. The van der Waals surface area contributed by atoms with Gasteiger partial charge in [0, 0.05) is 44.5 Å². The SMILES string of the molecule is COc1cccc(N2CCC(N3CCNCC3)C2=O)c1. The smallest absolute Gasteiger partial charge is 0.244 e. The van der Waals surface area contributed by atoms with E-state index in [-0.39, 0.29) is 11.9 Å². The summed E-state index contributed by atoms with van der Waals surface area (Å²) in [5.41, 5.74) is 0.937. The second-order valence-electron chi connectivity index (χ2n) is 5.28. The molecule has 5 heteroatoms. The van der Waals surface area contributed by atoms with Crippen LogP contribution in [0.2, 0.25) is 0 Å². The maximum atomic E-state index is 12.6. The van der Waals surface area contributed by atoms with Crippen molar-refractivity contribution < 1.29 is 9.53 Å². The molecular weight excluding hydrogens is 254 g/mol. The summed E-state index contributed by atoms with van der Waals surface area (Å²) in [5.74, 6) is 1.01. The van der Waals surface area contributed by atoms with Gasteiger partial charge in [-0.25, -0.2) is 0 Å². The Morgan fingerprint density at radius 1 is 1.25 bits per heavy atom. The Hall–Kier alpha value is -1.59. The van der Waals surface area contributed by atoms with Crippen molar-refractivity contribution in [3.05, 3.63) is 24.3 Å². The van der Waals surface area contributed by atoms with Gasteiger partial charge in [-0.15, -0.1) is 0 Å². The van der Waals surface area contributed by atoms with Crippen molar-refractivity contribution in [3.63, 3.8) is 0 Å². The molecule has 20 heavy (non-hydrogen) atoms. The fourth-order valence-corrected chi connectivity index (χ4v) is 3.03. The second-order valence-corrected chi connectivity index (χ2v) is 5.28. The van der Waals surface area contributed by atoms with E-state index in [0.717, 1.165) is 50.6 Å². The molecule has 1 N–H and O–H groups in total. The van der Waals surface area contributed by atoms with Crippen LogP contribution in [0.4, 0.5) is 5.69 Å². The Kier molecular flexibility index (Phi) is 3.89. The van der Waals surface area contributed by atoms with E-state index in [4.69, 9.17) is 4.74 Å². The van der Waals surface area contributed by atoms with Gasteiger partial charge in [0.15, 0.2) is 0 Å². The first-order chi connectivity index (χ1) is 9.79. The molecule has 2 fully saturated rings. The highest BCUT2D eigenvalue weighted by Crippen LogP contribution is 2.27. The maximum absolute atomic E-state index is 12.6. The first-order valence-corrected chi connectivity index (χ1v) is 7.20. The zero-order valence-electron chi connectivity index (χ0n) is 11.8. The topological polar surface area (TPSA) is 44.8 Å². The molecule has 1 aromatic rings. The predicted octanol–water partition coefficient (Wildman–Crippen LogP) is 0.706. The first-order valence-electron chi connectivity index (χ1n) is 7.20. The standard InChI is InChI=1S/C15H21N3O2/c1-20-13-4-2-3-12(11-13)18-8-5-14(15(18)19)17-9-6-16-7-10-17/h2-4,11,14,16H,5-10H2,1H3. The zero-order valence-corrected chi connectivity index (χ0v) is 11.8. The van der Waals surface area contributed by atoms with Crippen LogP contribution in [-0.2, 0) is 4.79 Å². The van der Waals surface area contributed by atoms with Gasteiger partial charge in [0.2, 0.25) is 5.91 Å². The van der Waals surface area contributed by atoms with Gasteiger partial charge in [-0.05, 0) is 18.6 Å². The minimum absolute atomic E-state index is 0.0447. The fourth-order valence-electron chi connectivity index (χ4n) is 3.03. The van der Waals surface area contributed by atoms with Crippen LogP contribution < -0.4 is 15.0 Å². The number of carbonyl (C=O) groups is 1. The van der Waals surface area contributed by atoms with Crippen LogP contribution in [0, 0.1) is 0 Å². The van der Waals surface area contributed by atoms with Crippen LogP contribution in [0.15, 0.2) is 24.3 Å². The van der Waals surface area contributed by atoms with Gasteiger partial charge in [0.25, 0.3) is 0 Å². The molecule has 0 aromatic heterocycles. The molecule has 0 aliphatic carbocycles. The number of amides is 1. The number of piperazine rings is 1. The zero-order chi connectivity index (χ0) is 13.9. The molecule has 0 radical (unpaired) electrons. The molecule has 3 rings (SSSR count). The Bertz CT molecular complexity index is 486. The molecule has 1 unspecified atom stereocenters. The molecule has 2 saturated heterocycles. The Morgan fingerprint density at radius 2 is 2.05 bits per heavy atom. The van der Waals surface area contributed by atoms with Gasteiger partial charge in [-0.2, -0.15) is 0 Å². The number of nitrogens with one attached hydrogen (secondary N) is 1. The number of hydrogen-bond donors (Lipinski definition) is 1. The molecule has 5 nitrogen and oxygen atoms in total. The van der Waals surface area contributed by atoms with E-state index in [1.165, 1.54) is 0 Å². The third kappa shape index (κ3) is 2.51. The molecule has 1 amide bonds. The van der Waals surface area contributed by atoms with E-state index in [2.05, 4.69) is 10.2 Å². The number of anilines is 1. The molecular formula is C15H21N3O2. The molecule has 2 aliphatic rings. The number of rotatable bonds is 3. The Balaban J connectivity index is 1.74. The second kappa shape index (κ2) is 5.81. The summed E-state index contributed by atoms with van der Waals surface area (Å²) in [6.45, 7) is 4.66. The van der Waals surface area contributed by atoms with Crippen molar-refractivity contribution in [3.8, 4) is 5.75 Å². The Morgan fingerprint density at radius 3 is 2.80 bits per heavy atom. The highest BCUT2D eigenvalue weighted by Gasteiger charge is 2.36. The van der Waals surface area contributed by atoms with E-state index in [1.807, 2.05) is 29.2 Å². The van der Waals surface area contributed by atoms with Gasteiger partial charge >= 0.3 is 0 Å². The third-order valence-electron chi connectivity index (χ3n) is 4.13. The predicted molar refractivity (Wildman–Crippen MR) is 78.2 cm³/mol.